The van der Waals surface area contributed by atoms with E-state index < -0.39 is 5.97 Å². The van der Waals surface area contributed by atoms with E-state index in [1.165, 1.54) is 0 Å². The van der Waals surface area contributed by atoms with Crippen molar-refractivity contribution in [3.63, 3.8) is 0 Å². The molecule has 0 aliphatic heterocycles. The molecule has 0 amide bonds. The molecule has 3 aromatic rings. The van der Waals surface area contributed by atoms with Gasteiger partial charge in [-0.3, -0.25) is 0 Å². The van der Waals surface area contributed by atoms with E-state index >= 15 is 0 Å². The normalized spacial score (nSPS) is 10.8. The van der Waals surface area contributed by atoms with Crippen LogP contribution in [0.25, 0.3) is 0 Å². The van der Waals surface area contributed by atoms with Gasteiger partial charge in [-0.05, 0) is 42.0 Å². The maximum Gasteiger partial charge on any atom is 0.335 e. The Morgan fingerprint density at radius 2 is 1.45 bits per heavy atom. The summed E-state index contributed by atoms with van der Waals surface area (Å²) in [4.78, 5) is 17.4. The van der Waals surface area contributed by atoms with Crippen LogP contribution in [0, 0.1) is 0 Å². The molecule has 2 aromatic heterocycles. The van der Waals surface area contributed by atoms with E-state index in [0.717, 1.165) is 17.0 Å². The molecule has 0 aliphatic rings. The molecule has 4 heteroatoms. The molecule has 0 atom stereocenters. The molecule has 0 bridgehead atoms. The second-order valence-electron chi connectivity index (χ2n) is 4.61. The van der Waals surface area contributed by atoms with Crippen molar-refractivity contribution in [2.24, 2.45) is 0 Å². The molecule has 0 aliphatic carbocycles. The highest BCUT2D eigenvalue weighted by molar-refractivity contribution is 5.87. The van der Waals surface area contributed by atoms with Crippen LogP contribution >= 0.6 is 0 Å². The fourth-order valence-electron chi connectivity index (χ4n) is 2.39. The van der Waals surface area contributed by atoms with Gasteiger partial charge in [-0.1, -0.05) is 12.1 Å². The lowest BCUT2D eigenvalue weighted by atomic mass is 9.92. The fraction of sp³-hybridized carbons (Fsp3) is 0.0625. The van der Waals surface area contributed by atoms with Crippen LogP contribution in [-0.2, 0) is 0 Å². The minimum atomic E-state index is -0.909. The standard InChI is InChI=1S/C16H14N2O2/c19-16(20)12-7-5-11(6-8-12)15(13-3-1-9-17-13)14-4-2-10-18-14/h1-10,15,17-18H,(H,19,20). The molecule has 0 unspecified atom stereocenters. The molecule has 0 fully saturated rings. The minimum Gasteiger partial charge on any atom is -0.478 e. The third-order valence-corrected chi connectivity index (χ3v) is 3.36. The molecule has 4 nitrogen and oxygen atoms in total. The van der Waals surface area contributed by atoms with E-state index in [9.17, 15) is 4.79 Å². The summed E-state index contributed by atoms with van der Waals surface area (Å²) < 4.78 is 0. The van der Waals surface area contributed by atoms with Crippen molar-refractivity contribution >= 4 is 5.97 Å². The summed E-state index contributed by atoms with van der Waals surface area (Å²) in [6.45, 7) is 0. The zero-order chi connectivity index (χ0) is 13.9. The van der Waals surface area contributed by atoms with Crippen LogP contribution in [0.3, 0.4) is 0 Å². The summed E-state index contributed by atoms with van der Waals surface area (Å²) in [6.07, 6.45) is 3.77. The number of rotatable bonds is 4. The first-order valence-electron chi connectivity index (χ1n) is 6.35. The highest BCUT2D eigenvalue weighted by atomic mass is 16.4. The second-order valence-corrected chi connectivity index (χ2v) is 4.61. The van der Waals surface area contributed by atoms with Crippen molar-refractivity contribution in [2.75, 3.05) is 0 Å². The Hall–Kier alpha value is -2.75. The van der Waals surface area contributed by atoms with Crippen molar-refractivity contribution in [2.45, 2.75) is 5.92 Å². The van der Waals surface area contributed by atoms with Crippen LogP contribution in [0.15, 0.2) is 60.9 Å². The molecule has 0 saturated heterocycles. The zero-order valence-electron chi connectivity index (χ0n) is 10.7. The van der Waals surface area contributed by atoms with Crippen LogP contribution in [0.1, 0.15) is 33.2 Å². The zero-order valence-corrected chi connectivity index (χ0v) is 10.7. The van der Waals surface area contributed by atoms with Gasteiger partial charge in [0, 0.05) is 23.8 Å². The lowest BCUT2D eigenvalue weighted by molar-refractivity contribution is 0.0697. The van der Waals surface area contributed by atoms with Crippen molar-refractivity contribution < 1.29 is 9.90 Å². The number of benzene rings is 1. The summed E-state index contributed by atoms with van der Waals surface area (Å²) in [5.74, 6) is -0.865. The van der Waals surface area contributed by atoms with Gasteiger partial charge >= 0.3 is 5.97 Å². The van der Waals surface area contributed by atoms with Gasteiger partial charge in [0.1, 0.15) is 0 Å². The number of hydrogen-bond acceptors (Lipinski definition) is 1. The van der Waals surface area contributed by atoms with E-state index in [1.54, 1.807) is 12.1 Å². The van der Waals surface area contributed by atoms with Crippen LogP contribution < -0.4 is 0 Å². The number of carboxylic acid groups (broad SMARTS) is 1. The third kappa shape index (κ3) is 2.23. The lowest BCUT2D eigenvalue weighted by Crippen LogP contribution is -2.05. The first-order chi connectivity index (χ1) is 9.75. The molecule has 0 radical (unpaired) electrons. The number of aromatic amines is 2. The lowest BCUT2D eigenvalue weighted by Gasteiger charge is -2.15. The third-order valence-electron chi connectivity index (χ3n) is 3.36. The van der Waals surface area contributed by atoms with Crippen molar-refractivity contribution in [3.05, 3.63) is 83.4 Å². The molecular weight excluding hydrogens is 252 g/mol. The number of aromatic carboxylic acids is 1. The SMILES string of the molecule is O=C(O)c1ccc(C(c2ccc[nH]2)c2ccc[nH]2)cc1. The molecule has 0 saturated carbocycles. The molecule has 2 heterocycles. The summed E-state index contributed by atoms with van der Waals surface area (Å²) >= 11 is 0. The first-order valence-corrected chi connectivity index (χ1v) is 6.35. The Morgan fingerprint density at radius 3 is 1.85 bits per heavy atom. The molecule has 0 spiro atoms. The average molecular weight is 266 g/mol. The van der Waals surface area contributed by atoms with Crippen LogP contribution in [0.5, 0.6) is 0 Å². The number of nitrogens with one attached hydrogen (secondary N) is 2. The predicted molar refractivity (Wildman–Crippen MR) is 75.9 cm³/mol. The van der Waals surface area contributed by atoms with Crippen molar-refractivity contribution in [1.29, 1.82) is 0 Å². The summed E-state index contributed by atoms with van der Waals surface area (Å²) in [5, 5.41) is 8.97. The molecule has 20 heavy (non-hydrogen) atoms. The summed E-state index contributed by atoms with van der Waals surface area (Å²) in [5.41, 5.74) is 3.47. The number of hydrogen-bond donors (Lipinski definition) is 3. The summed E-state index contributed by atoms with van der Waals surface area (Å²) in [7, 11) is 0. The van der Waals surface area contributed by atoms with Gasteiger partial charge in [-0.2, -0.15) is 0 Å². The minimum absolute atomic E-state index is 0.0443. The van der Waals surface area contributed by atoms with E-state index in [4.69, 9.17) is 5.11 Å². The monoisotopic (exact) mass is 266 g/mol. The smallest absolute Gasteiger partial charge is 0.335 e. The van der Waals surface area contributed by atoms with Gasteiger partial charge in [0.15, 0.2) is 0 Å². The maximum absolute atomic E-state index is 10.9. The van der Waals surface area contributed by atoms with Gasteiger partial charge in [0.05, 0.1) is 11.5 Å². The summed E-state index contributed by atoms with van der Waals surface area (Å²) in [6, 6.07) is 14.9. The Kier molecular flexibility index (Phi) is 3.13. The molecule has 100 valence electrons. The van der Waals surface area contributed by atoms with Crippen molar-refractivity contribution in [1.82, 2.24) is 9.97 Å². The van der Waals surface area contributed by atoms with Gasteiger partial charge in [-0.15, -0.1) is 0 Å². The number of carbonyl (C=O) groups is 1. The van der Waals surface area contributed by atoms with E-state index in [2.05, 4.69) is 9.97 Å². The molecule has 1 aromatic carbocycles. The van der Waals surface area contributed by atoms with Gasteiger partial charge < -0.3 is 15.1 Å². The topological polar surface area (TPSA) is 68.9 Å². The Bertz CT molecular complexity index is 648. The van der Waals surface area contributed by atoms with Gasteiger partial charge in [0.2, 0.25) is 0 Å². The molecule has 3 rings (SSSR count). The maximum atomic E-state index is 10.9. The van der Waals surface area contributed by atoms with E-state index in [0.29, 0.717) is 5.56 Å². The first kappa shape index (κ1) is 12.3. The number of H-pyrrole nitrogens is 2. The quantitative estimate of drug-likeness (QED) is 0.678. The second kappa shape index (κ2) is 5.09. The highest BCUT2D eigenvalue weighted by Gasteiger charge is 2.18. The average Bonchev–Trinajstić information content (AvgIpc) is 3.13. The van der Waals surface area contributed by atoms with Crippen LogP contribution in [-0.4, -0.2) is 21.0 Å². The van der Waals surface area contributed by atoms with E-state index in [1.807, 2.05) is 48.8 Å². The Labute approximate surface area is 116 Å². The highest BCUT2D eigenvalue weighted by Crippen LogP contribution is 2.29. The fourth-order valence-corrected chi connectivity index (χ4v) is 2.39. The van der Waals surface area contributed by atoms with Gasteiger partial charge in [-0.25, -0.2) is 4.79 Å². The molecule has 3 N–H and O–H groups in total. The Morgan fingerprint density at radius 1 is 0.900 bits per heavy atom. The van der Waals surface area contributed by atoms with Gasteiger partial charge in [0.25, 0.3) is 0 Å². The largest absolute Gasteiger partial charge is 0.478 e. The number of aromatic nitrogens is 2. The van der Waals surface area contributed by atoms with Crippen molar-refractivity contribution in [3.8, 4) is 0 Å². The van der Waals surface area contributed by atoms with E-state index in [-0.39, 0.29) is 5.92 Å². The predicted octanol–water partition coefficient (Wildman–Crippen LogP) is 3.22. The van der Waals surface area contributed by atoms with Crippen LogP contribution in [0.4, 0.5) is 0 Å². The Balaban J connectivity index is 2.04. The van der Waals surface area contributed by atoms with Crippen LogP contribution in [0.2, 0.25) is 0 Å². The number of carboxylic acids is 1. The molecular formula is C16H14N2O2.